The van der Waals surface area contributed by atoms with Crippen LogP contribution in [0.5, 0.6) is 5.75 Å². The predicted molar refractivity (Wildman–Crippen MR) is 99.0 cm³/mol. The number of carboxylic acid groups (broad SMARTS) is 1. The highest BCUT2D eigenvalue weighted by molar-refractivity contribution is 9.10. The average Bonchev–Trinajstić information content (AvgIpc) is 3.04. The number of rotatable bonds is 8. The minimum atomic E-state index is -0.927. The average molecular weight is 395 g/mol. The molecule has 0 atom stereocenters. The van der Waals surface area contributed by atoms with Gasteiger partial charge in [0.2, 0.25) is 0 Å². The molecule has 3 nitrogen and oxygen atoms in total. The van der Waals surface area contributed by atoms with Crippen LogP contribution in [0.1, 0.15) is 36.6 Å². The number of benzene rings is 1. The lowest BCUT2D eigenvalue weighted by Crippen LogP contribution is -1.99. The summed E-state index contributed by atoms with van der Waals surface area (Å²) in [5.41, 5.74) is 1.12. The van der Waals surface area contributed by atoms with Crippen molar-refractivity contribution in [3.05, 3.63) is 50.6 Å². The molecule has 0 unspecified atom stereocenters. The summed E-state index contributed by atoms with van der Waals surface area (Å²) < 4.78 is 6.57. The summed E-state index contributed by atoms with van der Waals surface area (Å²) in [7, 11) is 0. The highest BCUT2D eigenvalue weighted by Gasteiger charge is 2.12. The van der Waals surface area contributed by atoms with Crippen molar-refractivity contribution in [2.75, 3.05) is 6.61 Å². The summed E-state index contributed by atoms with van der Waals surface area (Å²) >= 11 is 4.91. The molecule has 2 rings (SSSR count). The van der Waals surface area contributed by atoms with Crippen LogP contribution in [0.3, 0.4) is 0 Å². The predicted octanol–water partition coefficient (Wildman–Crippen LogP) is 5.70. The Morgan fingerprint density at radius 2 is 2.17 bits per heavy atom. The van der Waals surface area contributed by atoms with E-state index >= 15 is 0 Å². The van der Waals surface area contributed by atoms with Gasteiger partial charge in [0.1, 0.15) is 5.75 Å². The third-order valence-electron chi connectivity index (χ3n) is 3.29. The Kier molecular flexibility index (Phi) is 6.86. The molecule has 1 N–H and O–H groups in total. The van der Waals surface area contributed by atoms with Crippen LogP contribution in [0.25, 0.3) is 11.6 Å². The standard InChI is InChI=1S/C18H19BrO3S/c1-2-3-4-9-22-16-8-7-13(12-15(16)19)11-14(18(20)21)17-6-5-10-23-17/h5-8,10-12H,2-4,9H2,1H3,(H,20,21)/b14-11-. The second-order valence-corrected chi connectivity index (χ2v) is 6.89. The van der Waals surface area contributed by atoms with Gasteiger partial charge >= 0.3 is 5.97 Å². The monoisotopic (exact) mass is 394 g/mol. The topological polar surface area (TPSA) is 46.5 Å². The van der Waals surface area contributed by atoms with Crippen LogP contribution in [-0.4, -0.2) is 17.7 Å². The molecule has 122 valence electrons. The van der Waals surface area contributed by atoms with Crippen LogP contribution in [0.4, 0.5) is 0 Å². The molecule has 2 aromatic rings. The van der Waals surface area contributed by atoms with Crippen molar-refractivity contribution in [1.82, 2.24) is 0 Å². The van der Waals surface area contributed by atoms with Gasteiger partial charge < -0.3 is 9.84 Å². The number of aliphatic carboxylic acids is 1. The summed E-state index contributed by atoms with van der Waals surface area (Å²) in [6, 6.07) is 9.28. The molecule has 0 amide bonds. The first-order valence-electron chi connectivity index (χ1n) is 7.53. The SMILES string of the molecule is CCCCCOc1ccc(/C=C(\C(=O)O)c2cccs2)cc1Br. The zero-order valence-corrected chi connectivity index (χ0v) is 15.3. The summed E-state index contributed by atoms with van der Waals surface area (Å²) in [5, 5.41) is 11.3. The van der Waals surface area contributed by atoms with Gasteiger partial charge in [-0.25, -0.2) is 4.79 Å². The fraction of sp³-hybridized carbons (Fsp3) is 0.278. The molecular weight excluding hydrogens is 376 g/mol. The molecule has 0 aliphatic heterocycles. The van der Waals surface area contributed by atoms with Gasteiger partial charge in [-0.2, -0.15) is 0 Å². The lowest BCUT2D eigenvalue weighted by Gasteiger charge is -2.09. The Labute approximate surface area is 148 Å². The number of hydrogen-bond donors (Lipinski definition) is 1. The maximum Gasteiger partial charge on any atom is 0.337 e. The van der Waals surface area contributed by atoms with Crippen molar-refractivity contribution >= 4 is 44.9 Å². The Morgan fingerprint density at radius 1 is 1.35 bits per heavy atom. The van der Waals surface area contributed by atoms with Crippen molar-refractivity contribution < 1.29 is 14.6 Å². The summed E-state index contributed by atoms with van der Waals surface area (Å²) in [6.45, 7) is 2.85. The Bertz CT molecular complexity index is 678. The normalized spacial score (nSPS) is 11.5. The Morgan fingerprint density at radius 3 is 2.78 bits per heavy atom. The van der Waals surface area contributed by atoms with E-state index in [0.29, 0.717) is 12.2 Å². The number of ether oxygens (including phenoxy) is 1. The molecule has 0 saturated carbocycles. The van der Waals surface area contributed by atoms with Crippen LogP contribution in [0.2, 0.25) is 0 Å². The van der Waals surface area contributed by atoms with Gasteiger partial charge in [-0.3, -0.25) is 0 Å². The quantitative estimate of drug-likeness (QED) is 0.460. The molecule has 0 fully saturated rings. The maximum atomic E-state index is 11.5. The van der Waals surface area contributed by atoms with Crippen molar-refractivity contribution in [3.8, 4) is 5.75 Å². The van der Waals surface area contributed by atoms with E-state index in [0.717, 1.165) is 39.9 Å². The van der Waals surface area contributed by atoms with E-state index in [9.17, 15) is 9.90 Å². The van der Waals surface area contributed by atoms with E-state index < -0.39 is 5.97 Å². The number of carboxylic acids is 1. The molecule has 0 aliphatic carbocycles. The van der Waals surface area contributed by atoms with E-state index in [2.05, 4.69) is 22.9 Å². The molecule has 0 saturated heterocycles. The zero-order valence-electron chi connectivity index (χ0n) is 12.9. The van der Waals surface area contributed by atoms with Crippen LogP contribution >= 0.6 is 27.3 Å². The van der Waals surface area contributed by atoms with Gasteiger partial charge in [-0.1, -0.05) is 31.9 Å². The highest BCUT2D eigenvalue weighted by Crippen LogP contribution is 2.29. The van der Waals surface area contributed by atoms with E-state index in [1.807, 2.05) is 35.7 Å². The Balaban J connectivity index is 2.15. The minimum Gasteiger partial charge on any atom is -0.492 e. The van der Waals surface area contributed by atoms with Gasteiger partial charge in [0.25, 0.3) is 0 Å². The number of carbonyl (C=O) groups is 1. The Hall–Kier alpha value is -1.59. The molecule has 0 aliphatic rings. The van der Waals surface area contributed by atoms with Crippen molar-refractivity contribution in [3.63, 3.8) is 0 Å². The van der Waals surface area contributed by atoms with E-state index in [4.69, 9.17) is 4.74 Å². The maximum absolute atomic E-state index is 11.5. The zero-order chi connectivity index (χ0) is 16.7. The van der Waals surface area contributed by atoms with E-state index in [1.165, 1.54) is 11.3 Å². The molecular formula is C18H19BrO3S. The number of unbranched alkanes of at least 4 members (excludes halogenated alkanes) is 2. The number of hydrogen-bond acceptors (Lipinski definition) is 3. The first-order valence-corrected chi connectivity index (χ1v) is 9.20. The second-order valence-electron chi connectivity index (χ2n) is 5.09. The summed E-state index contributed by atoms with van der Waals surface area (Å²) in [4.78, 5) is 12.2. The van der Waals surface area contributed by atoms with Crippen LogP contribution in [-0.2, 0) is 4.79 Å². The van der Waals surface area contributed by atoms with Gasteiger partial charge in [-0.05, 0) is 57.6 Å². The van der Waals surface area contributed by atoms with Crippen molar-refractivity contribution in [2.45, 2.75) is 26.2 Å². The molecule has 23 heavy (non-hydrogen) atoms. The van der Waals surface area contributed by atoms with Crippen LogP contribution in [0, 0.1) is 0 Å². The van der Waals surface area contributed by atoms with Crippen LogP contribution < -0.4 is 4.74 Å². The lowest BCUT2D eigenvalue weighted by molar-refractivity contribution is -0.130. The molecule has 1 aromatic carbocycles. The molecule has 0 radical (unpaired) electrons. The number of thiophene rings is 1. The number of halogens is 1. The van der Waals surface area contributed by atoms with Gasteiger partial charge in [-0.15, -0.1) is 11.3 Å². The minimum absolute atomic E-state index is 0.295. The van der Waals surface area contributed by atoms with Crippen LogP contribution in [0.15, 0.2) is 40.2 Å². The van der Waals surface area contributed by atoms with Crippen molar-refractivity contribution in [1.29, 1.82) is 0 Å². The molecule has 5 heteroatoms. The van der Waals surface area contributed by atoms with E-state index in [1.54, 1.807) is 6.08 Å². The molecule has 1 aromatic heterocycles. The van der Waals surface area contributed by atoms with Gasteiger partial charge in [0.05, 0.1) is 16.7 Å². The molecule has 0 spiro atoms. The van der Waals surface area contributed by atoms with Gasteiger partial charge in [0.15, 0.2) is 0 Å². The molecule has 0 bridgehead atoms. The van der Waals surface area contributed by atoms with Crippen molar-refractivity contribution in [2.24, 2.45) is 0 Å². The first-order chi connectivity index (χ1) is 11.1. The second kappa shape index (κ2) is 8.89. The summed E-state index contributed by atoms with van der Waals surface area (Å²) in [5.74, 6) is -0.144. The smallest absolute Gasteiger partial charge is 0.337 e. The highest BCUT2D eigenvalue weighted by atomic mass is 79.9. The van der Waals surface area contributed by atoms with Gasteiger partial charge in [0, 0.05) is 4.88 Å². The fourth-order valence-electron chi connectivity index (χ4n) is 2.09. The molecule has 1 heterocycles. The third-order valence-corrected chi connectivity index (χ3v) is 4.81. The lowest BCUT2D eigenvalue weighted by atomic mass is 10.1. The summed E-state index contributed by atoms with van der Waals surface area (Å²) in [6.07, 6.45) is 5.03. The fourth-order valence-corrected chi connectivity index (χ4v) is 3.34. The first kappa shape index (κ1) is 17.8. The largest absolute Gasteiger partial charge is 0.492 e. The van der Waals surface area contributed by atoms with E-state index in [-0.39, 0.29) is 0 Å². The third kappa shape index (κ3) is 5.22.